The molecule has 0 saturated carbocycles. The van der Waals surface area contributed by atoms with Crippen molar-refractivity contribution in [2.75, 3.05) is 39.0 Å². The highest BCUT2D eigenvalue weighted by molar-refractivity contribution is 7.89. The number of amides is 5. The zero-order valence-corrected chi connectivity index (χ0v) is 25.9. The molecule has 2 aromatic rings. The topological polar surface area (TPSA) is 136 Å². The molecule has 224 valence electrons. The number of anilines is 1. The van der Waals surface area contributed by atoms with Gasteiger partial charge in [-0.1, -0.05) is 26.7 Å². The largest absolute Gasteiger partial charge is 0.337 e. The van der Waals surface area contributed by atoms with Gasteiger partial charge in [-0.2, -0.15) is 4.31 Å². The third-order valence-electron chi connectivity index (χ3n) is 6.86. The molecule has 2 N–H and O–H groups in total. The molecule has 0 atom stereocenters. The highest BCUT2D eigenvalue weighted by Gasteiger charge is 2.31. The number of urea groups is 1. The summed E-state index contributed by atoms with van der Waals surface area (Å²) in [5.41, 5.74) is 1.09. The van der Waals surface area contributed by atoms with Crippen molar-refractivity contribution < 1.29 is 27.6 Å². The van der Waals surface area contributed by atoms with Crippen molar-refractivity contribution in [3.63, 3.8) is 0 Å². The summed E-state index contributed by atoms with van der Waals surface area (Å²) >= 11 is 1.18. The SMILES string of the molecule is CCCCN(CCCC)S(=O)(=O)c1ccc(C(=O)Nc2sc3c(c2C(=O)NC(=O)N(C)C)CCN(C(C)=O)C3)cc1. The molecule has 41 heavy (non-hydrogen) atoms. The zero-order valence-electron chi connectivity index (χ0n) is 24.3. The van der Waals surface area contributed by atoms with E-state index in [0.717, 1.165) is 30.6 Å². The summed E-state index contributed by atoms with van der Waals surface area (Å²) in [7, 11) is -0.696. The van der Waals surface area contributed by atoms with E-state index in [0.29, 0.717) is 38.2 Å². The number of sulfonamides is 1. The minimum Gasteiger partial charge on any atom is -0.337 e. The number of fused-ring (bicyclic) bond motifs is 1. The molecule has 3 rings (SSSR count). The Bertz CT molecular complexity index is 1380. The summed E-state index contributed by atoms with van der Waals surface area (Å²) in [6, 6.07) is 5.13. The van der Waals surface area contributed by atoms with Gasteiger partial charge in [0.15, 0.2) is 0 Å². The predicted octanol–water partition coefficient (Wildman–Crippen LogP) is 3.91. The smallest absolute Gasteiger partial charge is 0.323 e. The summed E-state index contributed by atoms with van der Waals surface area (Å²) in [6.07, 6.45) is 3.67. The highest BCUT2D eigenvalue weighted by Crippen LogP contribution is 2.37. The number of unbranched alkanes of at least 4 members (excludes halogenated alkanes) is 2. The van der Waals surface area contributed by atoms with Crippen LogP contribution >= 0.6 is 11.3 Å². The summed E-state index contributed by atoms with van der Waals surface area (Å²) in [5, 5.41) is 5.37. The van der Waals surface area contributed by atoms with E-state index in [1.807, 2.05) is 13.8 Å². The summed E-state index contributed by atoms with van der Waals surface area (Å²) < 4.78 is 28.1. The fourth-order valence-electron chi connectivity index (χ4n) is 4.40. The number of hydrogen-bond acceptors (Lipinski definition) is 7. The number of nitrogens with zero attached hydrogens (tertiary/aromatic N) is 3. The molecule has 0 bridgehead atoms. The number of carbonyl (C=O) groups is 4. The number of benzene rings is 1. The normalized spacial score (nSPS) is 13.1. The molecule has 0 saturated heterocycles. The van der Waals surface area contributed by atoms with Crippen molar-refractivity contribution in [2.24, 2.45) is 0 Å². The first kappa shape index (κ1) is 32.2. The molecule has 13 heteroatoms. The maximum Gasteiger partial charge on any atom is 0.323 e. The van der Waals surface area contributed by atoms with Crippen molar-refractivity contribution in [3.05, 3.63) is 45.8 Å². The molecule has 11 nitrogen and oxygen atoms in total. The first-order valence-electron chi connectivity index (χ1n) is 13.7. The number of hydrogen-bond donors (Lipinski definition) is 2. The van der Waals surface area contributed by atoms with Crippen LogP contribution in [-0.2, 0) is 27.8 Å². The third-order valence-corrected chi connectivity index (χ3v) is 9.90. The molecule has 0 spiro atoms. The van der Waals surface area contributed by atoms with Crippen LogP contribution < -0.4 is 10.6 Å². The minimum atomic E-state index is -3.72. The standard InChI is InChI=1S/C28H39N5O6S2/c1-6-8-15-33(16-9-7-2)41(38,39)21-12-10-20(11-13-21)25(35)29-27-24(26(36)30-28(37)31(4)5)22-14-17-32(19(3)34)18-23(22)40-27/h10-13H,6-9,14-18H2,1-5H3,(H,29,35)(H,30,36,37). The van der Waals surface area contributed by atoms with Crippen LogP contribution in [0.15, 0.2) is 29.2 Å². The Balaban J connectivity index is 1.88. The van der Waals surface area contributed by atoms with Crippen LogP contribution in [-0.4, -0.2) is 80.0 Å². The van der Waals surface area contributed by atoms with E-state index in [1.165, 1.54) is 65.8 Å². The average Bonchev–Trinajstić information content (AvgIpc) is 3.29. The van der Waals surface area contributed by atoms with Crippen LogP contribution in [0.4, 0.5) is 9.80 Å². The van der Waals surface area contributed by atoms with Gasteiger partial charge in [0.2, 0.25) is 15.9 Å². The van der Waals surface area contributed by atoms with Crippen molar-refractivity contribution in [1.29, 1.82) is 0 Å². The average molecular weight is 606 g/mol. The number of thiophene rings is 1. The molecule has 2 heterocycles. The summed E-state index contributed by atoms with van der Waals surface area (Å²) in [4.78, 5) is 54.3. The quantitative estimate of drug-likeness (QED) is 0.399. The summed E-state index contributed by atoms with van der Waals surface area (Å²) in [6.45, 7) is 7.08. The van der Waals surface area contributed by atoms with Gasteiger partial charge in [-0.05, 0) is 49.1 Å². The Morgan fingerprint density at radius 2 is 1.59 bits per heavy atom. The van der Waals surface area contributed by atoms with E-state index in [9.17, 15) is 27.6 Å². The van der Waals surface area contributed by atoms with E-state index >= 15 is 0 Å². The first-order chi connectivity index (χ1) is 19.4. The lowest BCUT2D eigenvalue weighted by Crippen LogP contribution is -2.39. The van der Waals surface area contributed by atoms with Crippen LogP contribution in [0.25, 0.3) is 0 Å². The number of carbonyl (C=O) groups excluding carboxylic acids is 4. The second-order valence-electron chi connectivity index (χ2n) is 10.1. The minimum absolute atomic E-state index is 0.0959. The molecule has 5 amide bonds. The van der Waals surface area contributed by atoms with E-state index in [1.54, 1.807) is 4.90 Å². The zero-order chi connectivity index (χ0) is 30.3. The van der Waals surface area contributed by atoms with Gasteiger partial charge >= 0.3 is 6.03 Å². The third kappa shape index (κ3) is 7.72. The van der Waals surface area contributed by atoms with Gasteiger partial charge in [0.1, 0.15) is 5.00 Å². The lowest BCUT2D eigenvalue weighted by Gasteiger charge is -2.26. The molecule has 0 radical (unpaired) electrons. The van der Waals surface area contributed by atoms with E-state index < -0.39 is 27.9 Å². The highest BCUT2D eigenvalue weighted by atomic mass is 32.2. The van der Waals surface area contributed by atoms with Crippen molar-refractivity contribution >= 4 is 50.1 Å². The maximum atomic E-state index is 13.3. The van der Waals surface area contributed by atoms with Crippen molar-refractivity contribution in [2.45, 2.75) is 64.3 Å². The molecule has 0 unspecified atom stereocenters. The predicted molar refractivity (Wildman–Crippen MR) is 159 cm³/mol. The second-order valence-corrected chi connectivity index (χ2v) is 13.2. The molecule has 1 aliphatic rings. The lowest BCUT2D eigenvalue weighted by molar-refractivity contribution is -0.129. The fraction of sp³-hybridized carbons (Fsp3) is 0.500. The number of rotatable bonds is 11. The van der Waals surface area contributed by atoms with Gasteiger partial charge in [0, 0.05) is 51.1 Å². The van der Waals surface area contributed by atoms with Crippen LogP contribution in [0.5, 0.6) is 0 Å². The van der Waals surface area contributed by atoms with Crippen LogP contribution in [0.1, 0.15) is 77.6 Å². The maximum absolute atomic E-state index is 13.3. The molecular formula is C28H39N5O6S2. The molecule has 1 aliphatic heterocycles. The van der Waals surface area contributed by atoms with E-state index in [4.69, 9.17) is 0 Å². The Morgan fingerprint density at radius 1 is 0.976 bits per heavy atom. The summed E-state index contributed by atoms with van der Waals surface area (Å²) in [5.74, 6) is -1.27. The Morgan fingerprint density at radius 3 is 2.12 bits per heavy atom. The van der Waals surface area contributed by atoms with Gasteiger partial charge in [-0.25, -0.2) is 13.2 Å². The van der Waals surface area contributed by atoms with Crippen molar-refractivity contribution in [3.8, 4) is 0 Å². The van der Waals surface area contributed by atoms with Gasteiger partial charge in [-0.3, -0.25) is 19.7 Å². The fourth-order valence-corrected chi connectivity index (χ4v) is 7.17. The molecule has 0 aliphatic carbocycles. The van der Waals surface area contributed by atoms with E-state index in [-0.39, 0.29) is 26.9 Å². The van der Waals surface area contributed by atoms with E-state index in [2.05, 4.69) is 10.6 Å². The Labute approximate surface area is 245 Å². The van der Waals surface area contributed by atoms with Crippen LogP contribution in [0.3, 0.4) is 0 Å². The molecular weight excluding hydrogens is 566 g/mol. The van der Waals surface area contributed by atoms with Gasteiger partial charge < -0.3 is 15.1 Å². The van der Waals surface area contributed by atoms with Gasteiger partial charge in [0.25, 0.3) is 11.8 Å². The molecule has 1 aromatic carbocycles. The molecule has 0 fully saturated rings. The lowest BCUT2D eigenvalue weighted by atomic mass is 10.0. The van der Waals surface area contributed by atoms with Crippen LogP contribution in [0.2, 0.25) is 0 Å². The first-order valence-corrected chi connectivity index (χ1v) is 16.0. The molecule has 1 aromatic heterocycles. The monoisotopic (exact) mass is 605 g/mol. The van der Waals surface area contributed by atoms with Gasteiger partial charge in [-0.15, -0.1) is 11.3 Å². The number of nitrogens with one attached hydrogen (secondary N) is 2. The van der Waals surface area contributed by atoms with Crippen LogP contribution in [0, 0.1) is 0 Å². The number of imide groups is 1. The Hall–Kier alpha value is -3.29. The second kappa shape index (κ2) is 14.1. The van der Waals surface area contributed by atoms with Crippen molar-refractivity contribution in [1.82, 2.24) is 19.4 Å². The Kier molecular flexibility index (Phi) is 11.0. The van der Waals surface area contributed by atoms with Gasteiger partial charge in [0.05, 0.1) is 17.0 Å².